The van der Waals surface area contributed by atoms with Crippen LogP contribution in [0.25, 0.3) is 0 Å². The summed E-state index contributed by atoms with van der Waals surface area (Å²) in [6.07, 6.45) is 1.65. The van der Waals surface area contributed by atoms with Gasteiger partial charge in [-0.3, -0.25) is 9.59 Å². The molecule has 8 heteroatoms. The first kappa shape index (κ1) is 25.5. The molecule has 1 aromatic heterocycles. The first-order chi connectivity index (χ1) is 16.2. The third-order valence-electron chi connectivity index (χ3n) is 6.51. The van der Waals surface area contributed by atoms with E-state index in [0.717, 1.165) is 12.8 Å². The van der Waals surface area contributed by atoms with E-state index < -0.39 is 12.0 Å². The second-order valence-electron chi connectivity index (χ2n) is 8.57. The maximum Gasteiger partial charge on any atom is 0.355 e. The summed E-state index contributed by atoms with van der Waals surface area (Å²) >= 11 is 0. The molecule has 1 aromatic carbocycles. The van der Waals surface area contributed by atoms with E-state index in [4.69, 9.17) is 14.2 Å². The van der Waals surface area contributed by atoms with Crippen molar-refractivity contribution in [2.45, 2.75) is 52.7 Å². The van der Waals surface area contributed by atoms with E-state index in [1.807, 2.05) is 0 Å². The number of rotatable bonds is 9. The molecule has 0 bridgehead atoms. The van der Waals surface area contributed by atoms with Crippen molar-refractivity contribution >= 4 is 17.7 Å². The summed E-state index contributed by atoms with van der Waals surface area (Å²) in [5, 5.41) is 0. The van der Waals surface area contributed by atoms with Crippen LogP contribution in [0.1, 0.15) is 69.2 Å². The lowest BCUT2D eigenvalue weighted by atomic mass is 9.98. The molecule has 3 rings (SSSR count). The summed E-state index contributed by atoms with van der Waals surface area (Å²) in [6, 6.07) is 6.08. The Kier molecular flexibility index (Phi) is 8.15. The highest BCUT2D eigenvalue weighted by molar-refractivity contribution is 6.07. The predicted octanol–water partition coefficient (Wildman–Crippen LogP) is 3.72. The molecule has 0 spiro atoms. The number of esters is 1. The highest BCUT2D eigenvalue weighted by Gasteiger charge is 2.34. The molecule has 2 atom stereocenters. The summed E-state index contributed by atoms with van der Waals surface area (Å²) in [7, 11) is 3.30. The van der Waals surface area contributed by atoms with E-state index in [9.17, 15) is 14.4 Å². The van der Waals surface area contributed by atoms with Gasteiger partial charge in [0.05, 0.1) is 25.9 Å². The Balaban J connectivity index is 1.96. The van der Waals surface area contributed by atoms with E-state index >= 15 is 0 Å². The van der Waals surface area contributed by atoms with E-state index in [1.54, 1.807) is 75.6 Å². The Hall–Kier alpha value is -3.13. The van der Waals surface area contributed by atoms with Crippen LogP contribution < -0.4 is 4.74 Å². The average molecular weight is 471 g/mol. The van der Waals surface area contributed by atoms with E-state index in [2.05, 4.69) is 0 Å². The number of methoxy groups -OCH3 is 1. The molecule has 2 unspecified atom stereocenters. The van der Waals surface area contributed by atoms with Crippen LogP contribution in [0.15, 0.2) is 24.3 Å². The molecule has 8 nitrogen and oxygen atoms in total. The molecule has 0 saturated carbocycles. The zero-order chi connectivity index (χ0) is 25.0. The van der Waals surface area contributed by atoms with Crippen molar-refractivity contribution in [2.75, 3.05) is 26.9 Å². The van der Waals surface area contributed by atoms with Gasteiger partial charge in [-0.2, -0.15) is 0 Å². The minimum atomic E-state index is -0.756. The Bertz CT molecular complexity index is 1050. The topological polar surface area (TPSA) is 87.1 Å². The number of hydrogen-bond donors (Lipinski definition) is 0. The fourth-order valence-corrected chi connectivity index (χ4v) is 4.50. The maximum absolute atomic E-state index is 13.8. The number of nitrogens with zero attached hydrogens (tertiary/aromatic N) is 2. The van der Waals surface area contributed by atoms with Crippen molar-refractivity contribution in [2.24, 2.45) is 7.05 Å². The molecule has 184 valence electrons. The average Bonchev–Trinajstić information content (AvgIpc) is 3.42. The Labute approximate surface area is 200 Å². The Morgan fingerprint density at radius 3 is 2.44 bits per heavy atom. The SMILES string of the molecule is CCOC(=O)c1c(C)c(C(=O)C(C)N(CC2CCCO2)C(=O)c2ccc(OC)cc2)c(C)n1C. The summed E-state index contributed by atoms with van der Waals surface area (Å²) in [5.41, 5.74) is 2.47. The van der Waals surface area contributed by atoms with Gasteiger partial charge in [0, 0.05) is 37.0 Å². The molecule has 1 aliphatic rings. The van der Waals surface area contributed by atoms with Crippen molar-refractivity contribution < 1.29 is 28.6 Å². The summed E-state index contributed by atoms with van der Waals surface area (Å²) < 4.78 is 17.8. The molecule has 0 aliphatic carbocycles. The van der Waals surface area contributed by atoms with Gasteiger partial charge in [-0.1, -0.05) is 0 Å². The van der Waals surface area contributed by atoms with E-state index in [0.29, 0.717) is 47.0 Å². The fourth-order valence-electron chi connectivity index (χ4n) is 4.50. The van der Waals surface area contributed by atoms with Crippen LogP contribution >= 0.6 is 0 Å². The van der Waals surface area contributed by atoms with Crippen LogP contribution in [0.3, 0.4) is 0 Å². The van der Waals surface area contributed by atoms with Gasteiger partial charge in [0.2, 0.25) is 0 Å². The Morgan fingerprint density at radius 1 is 1.21 bits per heavy atom. The second kappa shape index (κ2) is 10.9. The van der Waals surface area contributed by atoms with Crippen LogP contribution in [0.2, 0.25) is 0 Å². The number of carbonyl (C=O) groups excluding carboxylic acids is 3. The van der Waals surface area contributed by atoms with Crippen LogP contribution in [0.5, 0.6) is 5.75 Å². The number of ketones is 1. The largest absolute Gasteiger partial charge is 0.497 e. The maximum atomic E-state index is 13.8. The lowest BCUT2D eigenvalue weighted by Crippen LogP contribution is -2.47. The summed E-state index contributed by atoms with van der Waals surface area (Å²) in [5.74, 6) is -0.298. The smallest absolute Gasteiger partial charge is 0.355 e. The lowest BCUT2D eigenvalue weighted by molar-refractivity contribution is 0.0410. The minimum Gasteiger partial charge on any atom is -0.497 e. The van der Waals surface area contributed by atoms with Crippen molar-refractivity contribution in [3.05, 3.63) is 52.3 Å². The third kappa shape index (κ3) is 5.01. The van der Waals surface area contributed by atoms with Crippen molar-refractivity contribution in [3.63, 3.8) is 0 Å². The molecular formula is C26H34N2O6. The number of aromatic nitrogens is 1. The first-order valence-electron chi connectivity index (χ1n) is 11.6. The van der Waals surface area contributed by atoms with E-state index in [1.165, 1.54) is 0 Å². The van der Waals surface area contributed by atoms with Crippen LogP contribution in [-0.2, 0) is 16.5 Å². The lowest BCUT2D eigenvalue weighted by Gasteiger charge is -2.31. The molecule has 1 amide bonds. The molecule has 0 N–H and O–H groups in total. The number of benzene rings is 1. The molecule has 1 saturated heterocycles. The monoisotopic (exact) mass is 470 g/mol. The molecule has 34 heavy (non-hydrogen) atoms. The number of carbonyl (C=O) groups is 3. The summed E-state index contributed by atoms with van der Waals surface area (Å²) in [4.78, 5) is 41.4. The van der Waals surface area contributed by atoms with Gasteiger partial charge in [-0.25, -0.2) is 4.79 Å². The zero-order valence-electron chi connectivity index (χ0n) is 20.8. The van der Waals surface area contributed by atoms with Crippen molar-refractivity contribution in [1.82, 2.24) is 9.47 Å². The summed E-state index contributed by atoms with van der Waals surface area (Å²) in [6.45, 7) is 8.22. The normalized spacial score (nSPS) is 16.2. The van der Waals surface area contributed by atoms with Crippen molar-refractivity contribution in [3.8, 4) is 5.75 Å². The fraction of sp³-hybridized carbons (Fsp3) is 0.500. The highest BCUT2D eigenvalue weighted by Crippen LogP contribution is 2.26. The minimum absolute atomic E-state index is 0.120. The van der Waals surface area contributed by atoms with Gasteiger partial charge in [0.25, 0.3) is 5.91 Å². The third-order valence-corrected chi connectivity index (χ3v) is 6.51. The van der Waals surface area contributed by atoms with Gasteiger partial charge in [0.15, 0.2) is 5.78 Å². The molecule has 2 aromatic rings. The Morgan fingerprint density at radius 2 is 1.88 bits per heavy atom. The number of Topliss-reactive ketones (excluding diaryl/α,β-unsaturated/α-hetero) is 1. The molecule has 2 heterocycles. The molecular weight excluding hydrogens is 436 g/mol. The predicted molar refractivity (Wildman–Crippen MR) is 128 cm³/mol. The molecule has 1 aliphatic heterocycles. The molecule has 1 fully saturated rings. The zero-order valence-corrected chi connectivity index (χ0v) is 20.8. The first-order valence-corrected chi connectivity index (χ1v) is 11.6. The quantitative estimate of drug-likeness (QED) is 0.410. The standard InChI is InChI=1S/C26H34N2O6/c1-7-33-26(31)23-16(2)22(17(3)27(23)5)24(29)18(4)28(15-21-9-8-14-34-21)25(30)19-10-12-20(32-6)13-11-19/h10-13,18,21H,7-9,14-15H2,1-6H3. The van der Waals surface area contributed by atoms with Gasteiger partial charge in [-0.05, 0) is 70.4 Å². The molecule has 0 radical (unpaired) electrons. The number of amides is 1. The van der Waals surface area contributed by atoms with Crippen LogP contribution in [0.4, 0.5) is 0 Å². The van der Waals surface area contributed by atoms with E-state index in [-0.39, 0.29) is 24.4 Å². The highest BCUT2D eigenvalue weighted by atomic mass is 16.5. The number of ether oxygens (including phenoxy) is 3. The van der Waals surface area contributed by atoms with Crippen molar-refractivity contribution in [1.29, 1.82) is 0 Å². The van der Waals surface area contributed by atoms with Gasteiger partial charge in [-0.15, -0.1) is 0 Å². The second-order valence-corrected chi connectivity index (χ2v) is 8.57. The van der Waals surface area contributed by atoms with Crippen LogP contribution in [0, 0.1) is 13.8 Å². The number of hydrogen-bond acceptors (Lipinski definition) is 6. The van der Waals surface area contributed by atoms with Gasteiger partial charge >= 0.3 is 5.97 Å². The van der Waals surface area contributed by atoms with Gasteiger partial charge < -0.3 is 23.7 Å². The van der Waals surface area contributed by atoms with Gasteiger partial charge in [0.1, 0.15) is 11.4 Å². The van der Waals surface area contributed by atoms with Crippen LogP contribution in [-0.4, -0.2) is 66.1 Å².